The van der Waals surface area contributed by atoms with Crippen LogP contribution in [-0.2, 0) is 6.54 Å². The Balaban J connectivity index is 2.14. The lowest BCUT2D eigenvalue weighted by atomic mass is 9.99. The second kappa shape index (κ2) is 6.06. The Kier molecular flexibility index (Phi) is 4.63. The maximum atomic E-state index is 12.6. The number of carbonyl (C=O) groups excluding carboxylic acids is 1. The van der Waals surface area contributed by atoms with Gasteiger partial charge in [0.1, 0.15) is 5.69 Å². The molecule has 2 atom stereocenters. The number of ketones is 1. The number of nitrogens with zero attached hydrogens (tertiary/aromatic N) is 3. The fraction of sp³-hybridized carbons (Fsp3) is 0.714. The molecule has 5 heteroatoms. The Morgan fingerprint density at radius 3 is 2.84 bits per heavy atom. The van der Waals surface area contributed by atoms with E-state index >= 15 is 0 Å². The van der Waals surface area contributed by atoms with Crippen LogP contribution in [-0.4, -0.2) is 41.1 Å². The maximum Gasteiger partial charge on any atom is 0.185 e. The van der Waals surface area contributed by atoms with Crippen molar-refractivity contribution in [3.63, 3.8) is 0 Å². The van der Waals surface area contributed by atoms with E-state index in [0.717, 1.165) is 25.8 Å². The number of Topliss-reactive ketones (excluding diaryl/α,β-unsaturated/α-hetero) is 1. The van der Waals surface area contributed by atoms with E-state index in [1.165, 1.54) is 0 Å². The first-order valence-corrected chi connectivity index (χ1v) is 7.27. The molecular weight excluding hydrogens is 262 g/mol. The Labute approximate surface area is 119 Å². The molecule has 1 aromatic heterocycles. The molecule has 0 amide bonds. The average molecular weight is 284 g/mol. The van der Waals surface area contributed by atoms with Crippen LogP contribution in [0.3, 0.4) is 0 Å². The highest BCUT2D eigenvalue weighted by molar-refractivity contribution is 6.33. The first-order chi connectivity index (χ1) is 8.99. The van der Waals surface area contributed by atoms with Crippen molar-refractivity contribution in [2.75, 3.05) is 20.6 Å². The lowest BCUT2D eigenvalue weighted by Crippen LogP contribution is -2.23. The van der Waals surface area contributed by atoms with Gasteiger partial charge >= 0.3 is 0 Å². The third kappa shape index (κ3) is 3.37. The van der Waals surface area contributed by atoms with Gasteiger partial charge in [0.15, 0.2) is 5.78 Å². The van der Waals surface area contributed by atoms with Gasteiger partial charge in [0.2, 0.25) is 0 Å². The third-order valence-electron chi connectivity index (χ3n) is 3.85. The lowest BCUT2D eigenvalue weighted by molar-refractivity contribution is 0.0908. The van der Waals surface area contributed by atoms with E-state index in [1.807, 2.05) is 14.1 Å². The van der Waals surface area contributed by atoms with E-state index < -0.39 is 0 Å². The number of carbonyl (C=O) groups is 1. The van der Waals surface area contributed by atoms with Crippen LogP contribution in [0.25, 0.3) is 0 Å². The van der Waals surface area contributed by atoms with Gasteiger partial charge in [0, 0.05) is 12.5 Å². The van der Waals surface area contributed by atoms with Gasteiger partial charge < -0.3 is 4.90 Å². The molecule has 1 aliphatic rings. The number of halogens is 1. The summed E-state index contributed by atoms with van der Waals surface area (Å²) in [7, 11) is 4.01. The molecule has 106 valence electrons. The average Bonchev–Trinajstić information content (AvgIpc) is 2.92. The quantitative estimate of drug-likeness (QED) is 0.780. The smallest absolute Gasteiger partial charge is 0.185 e. The largest absolute Gasteiger partial charge is 0.308 e. The summed E-state index contributed by atoms with van der Waals surface area (Å²) in [5, 5.41) is 4.73. The summed E-state index contributed by atoms with van der Waals surface area (Å²) >= 11 is 6.15. The van der Waals surface area contributed by atoms with E-state index in [-0.39, 0.29) is 11.7 Å². The second-order valence-corrected chi connectivity index (χ2v) is 6.25. The van der Waals surface area contributed by atoms with Gasteiger partial charge in [0.05, 0.1) is 17.8 Å². The summed E-state index contributed by atoms with van der Waals surface area (Å²) < 4.78 is 1.76. The summed E-state index contributed by atoms with van der Waals surface area (Å²) in [6, 6.07) is 0. The second-order valence-electron chi connectivity index (χ2n) is 5.85. The molecule has 2 unspecified atom stereocenters. The first kappa shape index (κ1) is 14.5. The van der Waals surface area contributed by atoms with Crippen LogP contribution >= 0.6 is 11.6 Å². The summed E-state index contributed by atoms with van der Waals surface area (Å²) in [6.07, 6.45) is 4.69. The van der Waals surface area contributed by atoms with Gasteiger partial charge in [0.25, 0.3) is 0 Å². The van der Waals surface area contributed by atoms with Gasteiger partial charge in [-0.2, -0.15) is 5.10 Å². The standard InChI is InChI=1S/C14H22ClN3O/c1-10-4-5-11(8-10)14(19)13-12(15)9-16-18(13)7-6-17(2)3/h9-11H,4-8H2,1-3H3. The van der Waals surface area contributed by atoms with Crippen molar-refractivity contribution < 1.29 is 4.79 Å². The van der Waals surface area contributed by atoms with E-state index in [9.17, 15) is 4.79 Å². The number of likely N-dealkylation sites (N-methyl/N-ethyl adjacent to an activating group) is 1. The summed E-state index contributed by atoms with van der Waals surface area (Å²) in [4.78, 5) is 14.7. The number of aromatic nitrogens is 2. The van der Waals surface area contributed by atoms with E-state index in [4.69, 9.17) is 11.6 Å². The Bertz CT molecular complexity index is 456. The first-order valence-electron chi connectivity index (χ1n) is 6.89. The fourth-order valence-electron chi connectivity index (χ4n) is 2.71. The minimum absolute atomic E-state index is 0.127. The van der Waals surface area contributed by atoms with Gasteiger partial charge in [-0.3, -0.25) is 9.48 Å². The number of rotatable bonds is 5. The lowest BCUT2D eigenvalue weighted by Gasteiger charge is -2.14. The number of hydrogen-bond donors (Lipinski definition) is 0. The zero-order valence-electron chi connectivity index (χ0n) is 11.9. The van der Waals surface area contributed by atoms with Crippen molar-refractivity contribution in [2.24, 2.45) is 11.8 Å². The molecule has 0 radical (unpaired) electrons. The Morgan fingerprint density at radius 1 is 1.53 bits per heavy atom. The van der Waals surface area contributed by atoms with Crippen LogP contribution in [0.15, 0.2) is 6.20 Å². The summed E-state index contributed by atoms with van der Waals surface area (Å²) in [6.45, 7) is 3.75. The molecule has 2 rings (SSSR count). The molecule has 19 heavy (non-hydrogen) atoms. The molecule has 0 saturated heterocycles. The highest BCUT2D eigenvalue weighted by atomic mass is 35.5. The Hall–Kier alpha value is -0.870. The van der Waals surface area contributed by atoms with Crippen LogP contribution in [0.4, 0.5) is 0 Å². The van der Waals surface area contributed by atoms with Gasteiger partial charge in [-0.05, 0) is 39.3 Å². The van der Waals surface area contributed by atoms with Gasteiger partial charge in [-0.15, -0.1) is 0 Å². The monoisotopic (exact) mass is 283 g/mol. The molecule has 4 nitrogen and oxygen atoms in total. The summed E-state index contributed by atoms with van der Waals surface area (Å²) in [5.41, 5.74) is 0.600. The Morgan fingerprint density at radius 2 is 2.26 bits per heavy atom. The minimum atomic E-state index is 0.127. The topological polar surface area (TPSA) is 38.1 Å². The molecule has 1 aliphatic carbocycles. The SMILES string of the molecule is CC1CCC(C(=O)c2c(Cl)cnn2CCN(C)C)C1. The van der Waals surface area contributed by atoms with Gasteiger partial charge in [-0.25, -0.2) is 0 Å². The molecule has 0 aromatic carbocycles. The van der Waals surface area contributed by atoms with Crippen LogP contribution < -0.4 is 0 Å². The molecule has 0 bridgehead atoms. The maximum absolute atomic E-state index is 12.6. The van der Waals surface area contributed by atoms with E-state index in [0.29, 0.717) is 23.2 Å². The molecule has 1 fully saturated rings. The van der Waals surface area contributed by atoms with Crippen LogP contribution in [0, 0.1) is 11.8 Å². The zero-order chi connectivity index (χ0) is 14.0. The molecular formula is C14H22ClN3O. The third-order valence-corrected chi connectivity index (χ3v) is 4.13. The molecule has 1 aromatic rings. The highest BCUT2D eigenvalue weighted by Gasteiger charge is 2.31. The molecule has 0 aliphatic heterocycles. The molecule has 0 spiro atoms. The van der Waals surface area contributed by atoms with Crippen LogP contribution in [0.1, 0.15) is 36.7 Å². The molecule has 1 saturated carbocycles. The van der Waals surface area contributed by atoms with E-state index in [2.05, 4.69) is 16.9 Å². The number of hydrogen-bond acceptors (Lipinski definition) is 3. The van der Waals surface area contributed by atoms with E-state index in [1.54, 1.807) is 10.9 Å². The highest BCUT2D eigenvalue weighted by Crippen LogP contribution is 2.34. The molecule has 1 heterocycles. The predicted molar refractivity (Wildman–Crippen MR) is 76.6 cm³/mol. The minimum Gasteiger partial charge on any atom is -0.308 e. The van der Waals surface area contributed by atoms with Crippen molar-refractivity contribution in [3.05, 3.63) is 16.9 Å². The normalized spacial score (nSPS) is 23.2. The fourth-order valence-corrected chi connectivity index (χ4v) is 2.94. The van der Waals surface area contributed by atoms with Crippen molar-refractivity contribution >= 4 is 17.4 Å². The van der Waals surface area contributed by atoms with Gasteiger partial charge in [-0.1, -0.05) is 18.5 Å². The van der Waals surface area contributed by atoms with Crippen LogP contribution in [0.2, 0.25) is 5.02 Å². The predicted octanol–water partition coefficient (Wildman–Crippen LogP) is 2.72. The van der Waals surface area contributed by atoms with Crippen molar-refractivity contribution in [2.45, 2.75) is 32.7 Å². The molecule has 0 N–H and O–H groups in total. The van der Waals surface area contributed by atoms with Crippen LogP contribution in [0.5, 0.6) is 0 Å². The zero-order valence-corrected chi connectivity index (χ0v) is 12.7. The van der Waals surface area contributed by atoms with Crippen molar-refractivity contribution in [1.29, 1.82) is 0 Å². The van der Waals surface area contributed by atoms with Crippen molar-refractivity contribution in [1.82, 2.24) is 14.7 Å². The van der Waals surface area contributed by atoms with Crippen molar-refractivity contribution in [3.8, 4) is 0 Å². The summed E-state index contributed by atoms with van der Waals surface area (Å²) in [5.74, 6) is 0.943.